The molecule has 0 saturated carbocycles. The molecule has 0 radical (unpaired) electrons. The van der Waals surface area contributed by atoms with Gasteiger partial charge in [0.25, 0.3) is 0 Å². The van der Waals surface area contributed by atoms with Gasteiger partial charge in [0.05, 0.1) is 6.20 Å². The lowest BCUT2D eigenvalue weighted by Gasteiger charge is -2.26. The second-order valence-corrected chi connectivity index (χ2v) is 6.35. The van der Waals surface area contributed by atoms with Crippen molar-refractivity contribution >= 4 is 11.3 Å². The van der Waals surface area contributed by atoms with E-state index in [0.717, 1.165) is 12.1 Å². The van der Waals surface area contributed by atoms with Crippen LogP contribution in [0, 0.1) is 5.82 Å². The highest BCUT2D eigenvalue weighted by molar-refractivity contribution is 7.10. The van der Waals surface area contributed by atoms with Gasteiger partial charge in [0.1, 0.15) is 5.82 Å². The van der Waals surface area contributed by atoms with Gasteiger partial charge in [-0.15, -0.1) is 11.3 Å². The Morgan fingerprint density at radius 1 is 1.42 bits per heavy atom. The summed E-state index contributed by atoms with van der Waals surface area (Å²) in [6, 6.07) is 5.84. The van der Waals surface area contributed by atoms with Crippen LogP contribution in [-0.2, 0) is 5.41 Å². The first kappa shape index (κ1) is 14.2. The van der Waals surface area contributed by atoms with Gasteiger partial charge >= 0.3 is 0 Å². The van der Waals surface area contributed by atoms with E-state index in [0.29, 0.717) is 0 Å². The third-order valence-electron chi connectivity index (χ3n) is 3.26. The number of rotatable bonds is 5. The highest BCUT2D eigenvalue weighted by Gasteiger charge is 2.22. The number of nitrogens with zero attached hydrogens (tertiary/aromatic N) is 1. The van der Waals surface area contributed by atoms with Gasteiger partial charge in [-0.1, -0.05) is 19.9 Å². The van der Waals surface area contributed by atoms with Crippen LogP contribution in [0.3, 0.4) is 0 Å². The van der Waals surface area contributed by atoms with Crippen LogP contribution >= 0.6 is 11.3 Å². The number of thiophene rings is 1. The fourth-order valence-electron chi connectivity index (χ4n) is 1.94. The lowest BCUT2D eigenvalue weighted by Crippen LogP contribution is -2.33. The summed E-state index contributed by atoms with van der Waals surface area (Å²) >= 11 is 1.77. The zero-order valence-electron chi connectivity index (χ0n) is 11.5. The molecule has 1 N–H and O–H groups in total. The Morgan fingerprint density at radius 2 is 2.21 bits per heavy atom. The molecule has 1 atom stereocenters. The molecule has 2 rings (SSSR count). The molecule has 0 aromatic carbocycles. The number of nitrogens with one attached hydrogen (secondary N) is 1. The number of aromatic nitrogens is 1. The molecule has 19 heavy (non-hydrogen) atoms. The molecule has 0 amide bonds. The highest BCUT2D eigenvalue weighted by Crippen LogP contribution is 2.27. The van der Waals surface area contributed by atoms with E-state index in [1.54, 1.807) is 17.5 Å². The predicted molar refractivity (Wildman–Crippen MR) is 78.0 cm³/mol. The molecule has 2 aromatic heterocycles. The molecule has 0 bridgehead atoms. The maximum absolute atomic E-state index is 13.1. The van der Waals surface area contributed by atoms with Crippen molar-refractivity contribution in [2.24, 2.45) is 0 Å². The van der Waals surface area contributed by atoms with E-state index in [1.807, 2.05) is 6.92 Å². The van der Waals surface area contributed by atoms with Gasteiger partial charge in [-0.05, 0) is 30.0 Å². The van der Waals surface area contributed by atoms with E-state index in [-0.39, 0.29) is 17.3 Å². The van der Waals surface area contributed by atoms with Crippen LogP contribution in [0.15, 0.2) is 36.0 Å². The summed E-state index contributed by atoms with van der Waals surface area (Å²) in [6.45, 7) is 7.29. The Morgan fingerprint density at radius 3 is 2.84 bits per heavy atom. The summed E-state index contributed by atoms with van der Waals surface area (Å²) in [7, 11) is 0. The molecule has 0 saturated heterocycles. The Hall–Kier alpha value is -1.26. The zero-order chi connectivity index (χ0) is 13.9. The monoisotopic (exact) mass is 278 g/mol. The fraction of sp³-hybridized carbons (Fsp3) is 0.400. The predicted octanol–water partition coefficient (Wildman–Crippen LogP) is 3.91. The van der Waals surface area contributed by atoms with E-state index >= 15 is 0 Å². The third-order valence-corrected chi connectivity index (χ3v) is 4.50. The summed E-state index contributed by atoms with van der Waals surface area (Å²) < 4.78 is 13.1. The molecule has 1 unspecified atom stereocenters. The molecule has 0 aliphatic heterocycles. The van der Waals surface area contributed by atoms with Crippen LogP contribution in [-0.4, -0.2) is 11.5 Å². The van der Waals surface area contributed by atoms with E-state index < -0.39 is 0 Å². The first-order valence-corrected chi connectivity index (χ1v) is 7.25. The standard InChI is InChI=1S/C15H19FN2S/c1-11(12-7-13(16)9-17-8-12)18-10-15(2,3)14-5-4-6-19-14/h4-9,11,18H,10H2,1-3H3. The number of pyridine rings is 1. The van der Waals surface area contributed by atoms with Gasteiger partial charge in [0.15, 0.2) is 0 Å². The third kappa shape index (κ3) is 3.61. The molecule has 0 spiro atoms. The molecule has 0 aliphatic rings. The first-order chi connectivity index (χ1) is 8.99. The van der Waals surface area contributed by atoms with Crippen LogP contribution in [0.25, 0.3) is 0 Å². The van der Waals surface area contributed by atoms with Crippen LogP contribution < -0.4 is 5.32 Å². The van der Waals surface area contributed by atoms with Gasteiger partial charge in [-0.2, -0.15) is 0 Å². The van der Waals surface area contributed by atoms with Crippen molar-refractivity contribution < 1.29 is 4.39 Å². The molecule has 0 fully saturated rings. The molecule has 2 heterocycles. The lowest BCUT2D eigenvalue weighted by molar-refractivity contribution is 0.440. The average molecular weight is 278 g/mol. The van der Waals surface area contributed by atoms with Crippen LogP contribution in [0.4, 0.5) is 4.39 Å². The minimum atomic E-state index is -0.288. The largest absolute Gasteiger partial charge is 0.309 e. The van der Waals surface area contributed by atoms with Crippen molar-refractivity contribution in [3.63, 3.8) is 0 Å². The van der Waals surface area contributed by atoms with Crippen LogP contribution in [0.2, 0.25) is 0 Å². The molecule has 2 aromatic rings. The van der Waals surface area contributed by atoms with Crippen molar-refractivity contribution in [2.75, 3.05) is 6.54 Å². The second kappa shape index (κ2) is 5.80. The summed E-state index contributed by atoms with van der Waals surface area (Å²) in [5.74, 6) is -0.288. The Balaban J connectivity index is 1.99. The highest BCUT2D eigenvalue weighted by atomic mass is 32.1. The molecule has 4 heteroatoms. The minimum absolute atomic E-state index is 0.0726. The number of hydrogen-bond donors (Lipinski definition) is 1. The SMILES string of the molecule is CC(NCC(C)(C)c1cccs1)c1cncc(F)c1. The molecule has 2 nitrogen and oxygen atoms in total. The first-order valence-electron chi connectivity index (χ1n) is 6.37. The Kier molecular flexibility index (Phi) is 4.32. The van der Waals surface area contributed by atoms with E-state index in [9.17, 15) is 4.39 Å². The van der Waals surface area contributed by atoms with Gasteiger partial charge < -0.3 is 5.32 Å². The minimum Gasteiger partial charge on any atom is -0.309 e. The quantitative estimate of drug-likeness (QED) is 0.897. The topological polar surface area (TPSA) is 24.9 Å². The van der Waals surface area contributed by atoms with Gasteiger partial charge in [-0.25, -0.2) is 4.39 Å². The van der Waals surface area contributed by atoms with Gasteiger partial charge in [-0.3, -0.25) is 4.98 Å². The summed E-state index contributed by atoms with van der Waals surface area (Å²) in [5, 5.41) is 5.55. The van der Waals surface area contributed by atoms with Gasteiger partial charge in [0.2, 0.25) is 0 Å². The molecular weight excluding hydrogens is 259 g/mol. The van der Waals surface area contributed by atoms with Crippen molar-refractivity contribution in [3.05, 3.63) is 52.2 Å². The maximum atomic E-state index is 13.1. The number of hydrogen-bond acceptors (Lipinski definition) is 3. The average Bonchev–Trinajstić information content (AvgIpc) is 2.90. The Labute approximate surface area is 117 Å². The van der Waals surface area contributed by atoms with Gasteiger partial charge in [0, 0.05) is 29.1 Å². The lowest BCUT2D eigenvalue weighted by atomic mass is 9.91. The van der Waals surface area contributed by atoms with Crippen molar-refractivity contribution in [1.29, 1.82) is 0 Å². The molecule has 0 aliphatic carbocycles. The van der Waals surface area contributed by atoms with E-state index in [4.69, 9.17) is 0 Å². The fourth-order valence-corrected chi connectivity index (χ4v) is 2.79. The van der Waals surface area contributed by atoms with E-state index in [1.165, 1.54) is 17.1 Å². The van der Waals surface area contributed by atoms with Crippen molar-refractivity contribution in [2.45, 2.75) is 32.2 Å². The Bertz CT molecular complexity index is 523. The maximum Gasteiger partial charge on any atom is 0.141 e. The van der Waals surface area contributed by atoms with Crippen LogP contribution in [0.1, 0.15) is 37.3 Å². The van der Waals surface area contributed by atoms with Crippen molar-refractivity contribution in [3.8, 4) is 0 Å². The smallest absolute Gasteiger partial charge is 0.141 e. The summed E-state index contributed by atoms with van der Waals surface area (Å²) in [5.41, 5.74) is 0.949. The summed E-state index contributed by atoms with van der Waals surface area (Å²) in [6.07, 6.45) is 2.94. The molecular formula is C15H19FN2S. The van der Waals surface area contributed by atoms with Crippen molar-refractivity contribution in [1.82, 2.24) is 10.3 Å². The second-order valence-electron chi connectivity index (χ2n) is 5.40. The molecule has 102 valence electrons. The number of halogens is 1. The van der Waals surface area contributed by atoms with E-state index in [2.05, 4.69) is 41.7 Å². The normalized spacial score (nSPS) is 13.5. The zero-order valence-corrected chi connectivity index (χ0v) is 12.3. The van der Waals surface area contributed by atoms with Crippen LogP contribution in [0.5, 0.6) is 0 Å². The summed E-state index contributed by atoms with van der Waals surface area (Å²) in [4.78, 5) is 5.24.